The van der Waals surface area contributed by atoms with Gasteiger partial charge in [-0.25, -0.2) is 14.5 Å². The van der Waals surface area contributed by atoms with Gasteiger partial charge in [0, 0.05) is 6.42 Å². The van der Waals surface area contributed by atoms with Crippen molar-refractivity contribution < 1.29 is 23.1 Å². The van der Waals surface area contributed by atoms with Crippen molar-refractivity contribution in [2.24, 2.45) is 0 Å². The van der Waals surface area contributed by atoms with E-state index in [1.54, 1.807) is 0 Å². The summed E-state index contributed by atoms with van der Waals surface area (Å²) in [6.07, 6.45) is -3.40. The zero-order valence-corrected chi connectivity index (χ0v) is 11.1. The molecule has 1 aromatic carbocycles. The second-order valence-corrected chi connectivity index (χ2v) is 4.37. The smallest absolute Gasteiger partial charge is 0.416 e. The number of alkyl halides is 3. The Hall–Kier alpha value is -2.38. The van der Waals surface area contributed by atoms with Crippen molar-refractivity contribution in [2.45, 2.75) is 25.9 Å². The number of hydrogen-bond acceptors (Lipinski definition) is 3. The molecular formula is C13H12F3N3O2. The molecule has 0 fully saturated rings. The molecule has 0 spiro atoms. The highest BCUT2D eigenvalue weighted by atomic mass is 19.4. The van der Waals surface area contributed by atoms with Crippen molar-refractivity contribution in [3.63, 3.8) is 0 Å². The lowest BCUT2D eigenvalue weighted by Crippen LogP contribution is -2.08. The van der Waals surface area contributed by atoms with Crippen LogP contribution in [0.25, 0.3) is 5.69 Å². The predicted octanol–water partition coefficient (Wildman–Crippen LogP) is 2.94. The Morgan fingerprint density at radius 3 is 2.67 bits per heavy atom. The first-order valence-corrected chi connectivity index (χ1v) is 6.19. The van der Waals surface area contributed by atoms with E-state index in [0.717, 1.165) is 16.8 Å². The molecule has 1 N–H and O–H groups in total. The van der Waals surface area contributed by atoms with Gasteiger partial charge in [-0.2, -0.15) is 13.2 Å². The van der Waals surface area contributed by atoms with Crippen LogP contribution in [0, 0.1) is 0 Å². The molecule has 2 rings (SSSR count). The highest BCUT2D eigenvalue weighted by Crippen LogP contribution is 2.30. The fourth-order valence-electron chi connectivity index (χ4n) is 1.84. The van der Waals surface area contributed by atoms with Crippen LogP contribution in [0.5, 0.6) is 0 Å². The van der Waals surface area contributed by atoms with Crippen LogP contribution in [-0.4, -0.2) is 25.8 Å². The van der Waals surface area contributed by atoms with Gasteiger partial charge in [0.1, 0.15) is 5.82 Å². The van der Waals surface area contributed by atoms with Gasteiger partial charge in [0.05, 0.1) is 11.3 Å². The van der Waals surface area contributed by atoms with E-state index in [1.807, 2.05) is 6.92 Å². The molecule has 5 nitrogen and oxygen atoms in total. The molecule has 1 aromatic heterocycles. The Bertz CT molecular complexity index is 665. The van der Waals surface area contributed by atoms with Gasteiger partial charge >= 0.3 is 12.1 Å². The molecule has 0 saturated carbocycles. The van der Waals surface area contributed by atoms with Crippen LogP contribution in [0.2, 0.25) is 0 Å². The summed E-state index contributed by atoms with van der Waals surface area (Å²) in [5.41, 5.74) is -0.692. The van der Waals surface area contributed by atoms with Crippen molar-refractivity contribution in [1.82, 2.24) is 14.8 Å². The van der Waals surface area contributed by atoms with Crippen molar-refractivity contribution in [1.29, 1.82) is 0 Å². The van der Waals surface area contributed by atoms with Gasteiger partial charge in [-0.15, -0.1) is 5.10 Å². The van der Waals surface area contributed by atoms with Gasteiger partial charge in [-0.3, -0.25) is 0 Å². The van der Waals surface area contributed by atoms with Gasteiger partial charge in [-0.05, 0) is 24.6 Å². The summed E-state index contributed by atoms with van der Waals surface area (Å²) in [6.45, 7) is 1.85. The molecule has 8 heteroatoms. The third-order valence-electron chi connectivity index (χ3n) is 2.76. The molecular weight excluding hydrogens is 287 g/mol. The van der Waals surface area contributed by atoms with E-state index < -0.39 is 23.5 Å². The predicted molar refractivity (Wildman–Crippen MR) is 67.3 cm³/mol. The van der Waals surface area contributed by atoms with Crippen molar-refractivity contribution >= 4 is 5.97 Å². The lowest BCUT2D eigenvalue weighted by atomic mass is 10.2. The number of carboxylic acids is 1. The minimum Gasteiger partial charge on any atom is -0.475 e. The van der Waals surface area contributed by atoms with Crippen LogP contribution < -0.4 is 0 Å². The summed E-state index contributed by atoms with van der Waals surface area (Å²) in [4.78, 5) is 14.7. The second-order valence-electron chi connectivity index (χ2n) is 4.37. The van der Waals surface area contributed by atoms with Gasteiger partial charge in [0.2, 0.25) is 0 Å². The zero-order valence-electron chi connectivity index (χ0n) is 11.1. The maximum atomic E-state index is 12.7. The average molecular weight is 299 g/mol. The number of carbonyl (C=O) groups is 1. The van der Waals surface area contributed by atoms with E-state index in [2.05, 4.69) is 10.1 Å². The molecule has 112 valence electrons. The SMILES string of the molecule is CCCc1nc(C(=O)O)nn1-c1cccc(C(F)(F)F)c1. The van der Waals surface area contributed by atoms with E-state index in [1.165, 1.54) is 12.1 Å². The number of aromatic nitrogens is 3. The standard InChI is InChI=1S/C13H12F3N3O2/c1-2-4-10-17-11(12(20)21)18-19(10)9-6-3-5-8(7-9)13(14,15)16/h3,5-7H,2,4H2,1H3,(H,20,21). The third-order valence-corrected chi connectivity index (χ3v) is 2.76. The lowest BCUT2D eigenvalue weighted by Gasteiger charge is -2.09. The maximum Gasteiger partial charge on any atom is 0.416 e. The van der Waals surface area contributed by atoms with E-state index in [4.69, 9.17) is 5.11 Å². The number of halogens is 3. The molecule has 0 saturated heterocycles. The Kier molecular flexibility index (Phi) is 3.97. The first kappa shape index (κ1) is 15.0. The molecule has 0 bridgehead atoms. The van der Waals surface area contributed by atoms with Crippen LogP contribution in [0.4, 0.5) is 13.2 Å². The minimum atomic E-state index is -4.48. The van der Waals surface area contributed by atoms with Crippen LogP contribution in [0.15, 0.2) is 24.3 Å². The van der Waals surface area contributed by atoms with E-state index >= 15 is 0 Å². The van der Waals surface area contributed by atoms with Gasteiger partial charge < -0.3 is 5.11 Å². The van der Waals surface area contributed by atoms with Gasteiger partial charge in [0.15, 0.2) is 0 Å². The number of benzene rings is 1. The molecule has 0 aliphatic rings. The quantitative estimate of drug-likeness (QED) is 0.942. The third kappa shape index (κ3) is 3.21. The molecule has 0 aliphatic carbocycles. The molecule has 0 unspecified atom stereocenters. The molecule has 0 radical (unpaired) electrons. The number of carboxylic acid groups (broad SMARTS) is 1. The van der Waals surface area contributed by atoms with Crippen LogP contribution in [0.1, 0.15) is 35.4 Å². The summed E-state index contributed by atoms with van der Waals surface area (Å²) in [6, 6.07) is 4.53. The highest BCUT2D eigenvalue weighted by molar-refractivity contribution is 5.83. The Balaban J connectivity index is 2.52. The number of nitrogens with zero attached hydrogens (tertiary/aromatic N) is 3. The van der Waals surface area contributed by atoms with Gasteiger partial charge in [0.25, 0.3) is 5.82 Å². The first-order valence-electron chi connectivity index (χ1n) is 6.19. The fraction of sp³-hybridized carbons (Fsp3) is 0.308. The Morgan fingerprint density at radius 1 is 1.38 bits per heavy atom. The van der Waals surface area contributed by atoms with E-state index in [0.29, 0.717) is 18.7 Å². The number of aryl methyl sites for hydroxylation is 1. The highest BCUT2D eigenvalue weighted by Gasteiger charge is 2.30. The molecule has 0 atom stereocenters. The molecule has 0 amide bonds. The Morgan fingerprint density at radius 2 is 2.10 bits per heavy atom. The zero-order chi connectivity index (χ0) is 15.6. The molecule has 21 heavy (non-hydrogen) atoms. The molecule has 2 aromatic rings. The van der Waals surface area contributed by atoms with Crippen LogP contribution in [0.3, 0.4) is 0 Å². The Labute approximate surface area is 118 Å². The summed E-state index contributed by atoms with van der Waals surface area (Å²) in [5, 5.41) is 12.7. The second kappa shape index (κ2) is 5.55. The monoisotopic (exact) mass is 299 g/mol. The largest absolute Gasteiger partial charge is 0.475 e. The molecule has 0 aliphatic heterocycles. The van der Waals surface area contributed by atoms with E-state index in [9.17, 15) is 18.0 Å². The van der Waals surface area contributed by atoms with Crippen molar-refractivity contribution in [3.05, 3.63) is 41.5 Å². The number of aromatic carboxylic acids is 1. The number of hydrogen-bond donors (Lipinski definition) is 1. The normalized spacial score (nSPS) is 11.6. The lowest BCUT2D eigenvalue weighted by molar-refractivity contribution is -0.137. The first-order chi connectivity index (χ1) is 9.82. The van der Waals surface area contributed by atoms with Crippen LogP contribution in [-0.2, 0) is 12.6 Å². The van der Waals surface area contributed by atoms with Crippen molar-refractivity contribution in [2.75, 3.05) is 0 Å². The van der Waals surface area contributed by atoms with E-state index in [-0.39, 0.29) is 5.69 Å². The molecule has 1 heterocycles. The summed E-state index contributed by atoms with van der Waals surface area (Å²) in [7, 11) is 0. The summed E-state index contributed by atoms with van der Waals surface area (Å²) in [5.74, 6) is -1.44. The maximum absolute atomic E-state index is 12.7. The average Bonchev–Trinajstić information content (AvgIpc) is 2.83. The van der Waals surface area contributed by atoms with Gasteiger partial charge in [-0.1, -0.05) is 13.0 Å². The minimum absolute atomic E-state index is 0.133. The van der Waals surface area contributed by atoms with Crippen molar-refractivity contribution in [3.8, 4) is 5.69 Å². The fourth-order valence-corrected chi connectivity index (χ4v) is 1.84. The number of rotatable bonds is 4. The topological polar surface area (TPSA) is 68.0 Å². The summed E-state index contributed by atoms with van der Waals surface area (Å²) < 4.78 is 39.3. The summed E-state index contributed by atoms with van der Waals surface area (Å²) >= 11 is 0. The van der Waals surface area contributed by atoms with Crippen LogP contribution >= 0.6 is 0 Å².